The summed E-state index contributed by atoms with van der Waals surface area (Å²) in [5, 5.41) is 21.9. The number of alkyl halides is 3. The molecule has 1 aliphatic heterocycles. The molecule has 0 spiro atoms. The molecular formula is C34H38F3N3O7. The van der Waals surface area contributed by atoms with Crippen LogP contribution in [0.1, 0.15) is 68.8 Å². The van der Waals surface area contributed by atoms with Crippen LogP contribution in [0.15, 0.2) is 66.9 Å². The van der Waals surface area contributed by atoms with Crippen LogP contribution in [-0.2, 0) is 33.5 Å². The van der Waals surface area contributed by atoms with Gasteiger partial charge in [0.05, 0.1) is 36.7 Å². The predicted octanol–water partition coefficient (Wildman–Crippen LogP) is 6.29. The summed E-state index contributed by atoms with van der Waals surface area (Å²) in [5.41, 5.74) is 0.369. The number of hydrogen-bond donors (Lipinski definition) is 1. The molecule has 2 amide bonds. The van der Waals surface area contributed by atoms with E-state index >= 15 is 0 Å². The number of nitrogens with zero attached hydrogens (tertiary/aromatic N) is 3. The molecule has 0 aliphatic carbocycles. The van der Waals surface area contributed by atoms with Crippen LogP contribution in [0, 0.1) is 11.1 Å². The Morgan fingerprint density at radius 2 is 1.79 bits per heavy atom. The first-order valence-electron chi connectivity index (χ1n) is 15.2. The Bertz CT molecular complexity index is 1590. The molecule has 0 radical (unpaired) electrons. The number of carboxylic acid groups (broad SMARTS) is 1. The summed E-state index contributed by atoms with van der Waals surface area (Å²) in [6.45, 7) is 7.23. The van der Waals surface area contributed by atoms with Gasteiger partial charge in [-0.15, -0.1) is 0 Å². The van der Waals surface area contributed by atoms with E-state index in [-0.39, 0.29) is 31.9 Å². The Hall–Kier alpha value is -4.81. The Balaban J connectivity index is 1.52. The Morgan fingerprint density at radius 1 is 1.09 bits per heavy atom. The molecule has 2 heterocycles. The quantitative estimate of drug-likeness (QED) is 0.155. The summed E-state index contributed by atoms with van der Waals surface area (Å²) in [5.74, 6) is -1.83. The summed E-state index contributed by atoms with van der Waals surface area (Å²) in [4.78, 5) is 40.9. The van der Waals surface area contributed by atoms with Crippen LogP contribution < -0.4 is 14.4 Å². The van der Waals surface area contributed by atoms with E-state index in [1.54, 1.807) is 58.0 Å². The van der Waals surface area contributed by atoms with Crippen molar-refractivity contribution in [3.63, 3.8) is 0 Å². The first-order chi connectivity index (χ1) is 22.0. The number of carboxylic acids is 1. The molecular weight excluding hydrogens is 619 g/mol. The van der Waals surface area contributed by atoms with Crippen LogP contribution in [0.25, 0.3) is 0 Å². The second kappa shape index (κ2) is 14.3. The van der Waals surface area contributed by atoms with Gasteiger partial charge in [0.2, 0.25) is 5.91 Å². The lowest BCUT2D eigenvalue weighted by molar-refractivity contribution is -0.591. The van der Waals surface area contributed by atoms with Gasteiger partial charge < -0.3 is 24.7 Å². The summed E-state index contributed by atoms with van der Waals surface area (Å²) in [7, 11) is 0. The van der Waals surface area contributed by atoms with Crippen LogP contribution in [0.5, 0.6) is 5.75 Å². The third-order valence-electron chi connectivity index (χ3n) is 7.68. The van der Waals surface area contributed by atoms with Gasteiger partial charge in [0.1, 0.15) is 17.9 Å². The molecule has 2 atom stereocenters. The van der Waals surface area contributed by atoms with Crippen molar-refractivity contribution in [2.75, 3.05) is 18.1 Å². The van der Waals surface area contributed by atoms with E-state index in [0.717, 1.165) is 23.3 Å². The SMILES string of the molecule is CC1c2cc(OCCCN(C(=O)OC(C)(C)C)c3cccc[n+]3[O-])ccc2CC(CC(=O)O)C(=O)N1Cc1ccc(C(F)(F)F)cc1. The number of aromatic nitrogens is 1. The summed E-state index contributed by atoms with van der Waals surface area (Å²) in [6, 6.07) is 14.0. The van der Waals surface area contributed by atoms with Crippen LogP contribution >= 0.6 is 0 Å². The molecule has 13 heteroatoms. The zero-order valence-corrected chi connectivity index (χ0v) is 26.6. The number of halogens is 3. The van der Waals surface area contributed by atoms with Crippen molar-refractivity contribution in [3.05, 3.63) is 94.3 Å². The van der Waals surface area contributed by atoms with Crippen LogP contribution in [0.2, 0.25) is 0 Å². The van der Waals surface area contributed by atoms with Gasteiger partial charge in [0, 0.05) is 19.0 Å². The van der Waals surface area contributed by atoms with Crippen molar-refractivity contribution in [3.8, 4) is 5.75 Å². The first kappa shape index (κ1) is 35.1. The largest absolute Gasteiger partial charge is 0.711 e. The molecule has 0 saturated carbocycles. The number of carbonyl (C=O) groups is 3. The number of hydrogen-bond acceptors (Lipinski definition) is 6. The molecule has 1 aliphatic rings. The molecule has 2 unspecified atom stereocenters. The fourth-order valence-electron chi connectivity index (χ4n) is 5.42. The lowest BCUT2D eigenvalue weighted by atomic mass is 9.93. The van der Waals surface area contributed by atoms with Gasteiger partial charge in [0.15, 0.2) is 0 Å². The van der Waals surface area contributed by atoms with Gasteiger partial charge in [-0.1, -0.05) is 24.3 Å². The highest BCUT2D eigenvalue weighted by Crippen LogP contribution is 2.36. The standard InChI is InChI=1S/C34H38F3N3O7/c1-22-28-20-27(46-17-7-15-38(32(44)47-33(2,3)4)29-8-5-6-16-40(29)45)14-11-24(28)18-25(19-30(41)42)31(43)39(22)21-23-9-12-26(13-10-23)34(35,36)37/h5-6,8-14,16,20,22,25H,7,15,17-19,21H2,1-4H3,(H,41,42). The maximum Gasteiger partial charge on any atom is 0.507 e. The lowest BCUT2D eigenvalue weighted by Crippen LogP contribution is -2.44. The highest BCUT2D eigenvalue weighted by Gasteiger charge is 2.36. The molecule has 2 aromatic carbocycles. The molecule has 47 heavy (non-hydrogen) atoms. The van der Waals surface area contributed by atoms with Crippen LogP contribution in [-0.4, -0.2) is 46.7 Å². The van der Waals surface area contributed by atoms with E-state index in [0.29, 0.717) is 22.5 Å². The topological polar surface area (TPSA) is 123 Å². The predicted molar refractivity (Wildman–Crippen MR) is 165 cm³/mol. The van der Waals surface area contributed by atoms with E-state index in [4.69, 9.17) is 9.47 Å². The van der Waals surface area contributed by atoms with Crippen LogP contribution in [0.4, 0.5) is 23.8 Å². The summed E-state index contributed by atoms with van der Waals surface area (Å²) < 4.78 is 51.4. The summed E-state index contributed by atoms with van der Waals surface area (Å²) >= 11 is 0. The summed E-state index contributed by atoms with van der Waals surface area (Å²) in [6.07, 6.45) is -3.79. The van der Waals surface area contributed by atoms with E-state index < -0.39 is 53.7 Å². The molecule has 1 aromatic heterocycles. The van der Waals surface area contributed by atoms with Crippen molar-refractivity contribution in [1.29, 1.82) is 0 Å². The number of carbonyl (C=O) groups excluding carboxylic acids is 2. The number of rotatable bonds is 10. The molecule has 1 N–H and O–H groups in total. The maximum atomic E-state index is 13.6. The van der Waals surface area contributed by atoms with Gasteiger partial charge in [-0.05, 0) is 81.1 Å². The van der Waals surface area contributed by atoms with Crippen molar-refractivity contribution in [1.82, 2.24) is 4.90 Å². The minimum atomic E-state index is -4.50. The number of aliphatic carboxylic acids is 1. The fourth-order valence-corrected chi connectivity index (χ4v) is 5.42. The third kappa shape index (κ3) is 9.14. The molecule has 252 valence electrons. The Morgan fingerprint density at radius 3 is 2.40 bits per heavy atom. The molecule has 10 nitrogen and oxygen atoms in total. The van der Waals surface area contributed by atoms with Crippen molar-refractivity contribution in [2.24, 2.45) is 5.92 Å². The fraction of sp³-hybridized carbons (Fsp3) is 0.412. The Labute approximate surface area is 270 Å². The molecule has 3 aromatic rings. The number of ether oxygens (including phenoxy) is 2. The number of anilines is 1. The lowest BCUT2D eigenvalue weighted by Gasteiger charge is -2.30. The highest BCUT2D eigenvalue weighted by atomic mass is 19.4. The second-order valence-electron chi connectivity index (χ2n) is 12.4. The maximum absolute atomic E-state index is 13.6. The minimum absolute atomic E-state index is 0.0154. The van der Waals surface area contributed by atoms with Gasteiger partial charge in [-0.3, -0.25) is 9.59 Å². The van der Waals surface area contributed by atoms with Crippen molar-refractivity contribution >= 4 is 23.8 Å². The van der Waals surface area contributed by atoms with Gasteiger partial charge in [0.25, 0.3) is 5.82 Å². The monoisotopic (exact) mass is 657 g/mol. The van der Waals surface area contributed by atoms with Gasteiger partial charge in [-0.25, -0.2) is 4.73 Å². The third-order valence-corrected chi connectivity index (χ3v) is 7.68. The smallest absolute Gasteiger partial charge is 0.507 e. The van der Waals surface area contributed by atoms with Crippen molar-refractivity contribution < 1.29 is 46.9 Å². The Kier molecular flexibility index (Phi) is 10.7. The first-order valence-corrected chi connectivity index (χ1v) is 15.2. The number of amides is 2. The second-order valence-corrected chi connectivity index (χ2v) is 12.4. The average Bonchev–Trinajstić information content (AvgIpc) is 3.07. The number of fused-ring (bicyclic) bond motifs is 1. The van der Waals surface area contributed by atoms with Gasteiger partial charge in [-0.2, -0.15) is 22.9 Å². The zero-order valence-electron chi connectivity index (χ0n) is 26.6. The van der Waals surface area contributed by atoms with E-state index in [9.17, 15) is 37.9 Å². The highest BCUT2D eigenvalue weighted by molar-refractivity contribution is 5.86. The van der Waals surface area contributed by atoms with Crippen molar-refractivity contribution in [2.45, 2.75) is 71.3 Å². The van der Waals surface area contributed by atoms with E-state index in [1.807, 2.05) is 0 Å². The average molecular weight is 658 g/mol. The molecule has 0 bridgehead atoms. The number of pyridine rings is 1. The van der Waals surface area contributed by atoms with Gasteiger partial charge >= 0.3 is 18.2 Å². The molecule has 0 fully saturated rings. The zero-order chi connectivity index (χ0) is 34.5. The molecule has 0 saturated heterocycles. The molecule has 4 rings (SSSR count). The van der Waals surface area contributed by atoms with Crippen LogP contribution in [0.3, 0.4) is 0 Å². The van der Waals surface area contributed by atoms with E-state index in [2.05, 4.69) is 0 Å². The number of benzene rings is 2. The van der Waals surface area contributed by atoms with E-state index in [1.165, 1.54) is 34.2 Å². The normalized spacial score (nSPS) is 16.7. The minimum Gasteiger partial charge on any atom is -0.711 e.